The predicted octanol–water partition coefficient (Wildman–Crippen LogP) is 5.85. The highest BCUT2D eigenvalue weighted by molar-refractivity contribution is 14.1. The van der Waals surface area contributed by atoms with E-state index in [0.29, 0.717) is 39.9 Å². The summed E-state index contributed by atoms with van der Waals surface area (Å²) in [6.07, 6.45) is 3.25. The van der Waals surface area contributed by atoms with E-state index in [-0.39, 0.29) is 5.91 Å². The summed E-state index contributed by atoms with van der Waals surface area (Å²) in [5, 5.41) is 8.14. The summed E-state index contributed by atoms with van der Waals surface area (Å²) >= 11 is 3.57. The number of methoxy groups -OCH3 is 2. The number of hydrogen-bond acceptors (Lipinski definition) is 9. The topological polar surface area (TPSA) is 102 Å². The summed E-state index contributed by atoms with van der Waals surface area (Å²) in [6, 6.07) is 5.85. The van der Waals surface area contributed by atoms with Crippen molar-refractivity contribution in [2.45, 2.75) is 27.3 Å². The number of rotatable bonds is 10. The normalized spacial score (nSPS) is 11.1. The lowest BCUT2D eigenvalue weighted by Crippen LogP contribution is -2.22. The first-order valence-corrected chi connectivity index (χ1v) is 13.7. The van der Waals surface area contributed by atoms with Gasteiger partial charge in [0.25, 0.3) is 5.91 Å². The number of ether oxygens (including phenoxy) is 2. The molecular formula is C26H29IN6O3S. The largest absolute Gasteiger partial charge is 0.496 e. The molecule has 0 bridgehead atoms. The number of halogens is 1. The molecule has 0 saturated heterocycles. The quantitative estimate of drug-likeness (QED) is 0.210. The first-order valence-electron chi connectivity index (χ1n) is 11.8. The van der Waals surface area contributed by atoms with Crippen LogP contribution in [0.5, 0.6) is 11.5 Å². The van der Waals surface area contributed by atoms with Crippen molar-refractivity contribution in [3.05, 3.63) is 56.4 Å². The number of carbonyl (C=O) groups excluding carboxylic acids is 1. The van der Waals surface area contributed by atoms with Crippen LogP contribution < -0.4 is 20.1 Å². The van der Waals surface area contributed by atoms with Crippen molar-refractivity contribution in [2.75, 3.05) is 37.9 Å². The lowest BCUT2D eigenvalue weighted by Gasteiger charge is -2.18. The van der Waals surface area contributed by atoms with Crippen LogP contribution in [-0.4, -0.2) is 53.1 Å². The fourth-order valence-corrected chi connectivity index (χ4v) is 5.82. The van der Waals surface area contributed by atoms with E-state index >= 15 is 0 Å². The Balaban J connectivity index is 1.62. The Labute approximate surface area is 233 Å². The third-order valence-electron chi connectivity index (χ3n) is 6.09. The van der Waals surface area contributed by atoms with Crippen LogP contribution in [0.2, 0.25) is 0 Å². The van der Waals surface area contributed by atoms with Gasteiger partial charge in [-0.1, -0.05) is 13.8 Å². The molecule has 0 aliphatic rings. The molecular weight excluding hydrogens is 603 g/mol. The van der Waals surface area contributed by atoms with Gasteiger partial charge in [-0.25, -0.2) is 15.0 Å². The number of nitrogens with one attached hydrogen (secondary N) is 2. The number of pyridine rings is 1. The van der Waals surface area contributed by atoms with Crippen molar-refractivity contribution in [3.8, 4) is 11.5 Å². The summed E-state index contributed by atoms with van der Waals surface area (Å²) in [6.45, 7) is 9.01. The zero-order valence-electron chi connectivity index (χ0n) is 21.4. The Morgan fingerprint density at radius 3 is 2.57 bits per heavy atom. The number of anilines is 3. The van der Waals surface area contributed by atoms with E-state index in [1.807, 2.05) is 25.1 Å². The van der Waals surface area contributed by atoms with Gasteiger partial charge < -0.3 is 20.1 Å². The van der Waals surface area contributed by atoms with Gasteiger partial charge in [0.2, 0.25) is 0 Å². The Hall–Kier alpha value is -3.03. The molecule has 3 aromatic heterocycles. The van der Waals surface area contributed by atoms with Gasteiger partial charge in [0.1, 0.15) is 23.6 Å². The van der Waals surface area contributed by atoms with Crippen molar-refractivity contribution in [2.24, 2.45) is 0 Å². The van der Waals surface area contributed by atoms with E-state index in [0.717, 1.165) is 39.0 Å². The van der Waals surface area contributed by atoms with Crippen LogP contribution in [-0.2, 0) is 6.54 Å². The molecule has 4 aromatic rings. The fourth-order valence-electron chi connectivity index (χ4n) is 3.96. The van der Waals surface area contributed by atoms with Crippen LogP contribution in [0.4, 0.5) is 17.3 Å². The van der Waals surface area contributed by atoms with Crippen molar-refractivity contribution in [1.82, 2.24) is 19.9 Å². The standard InChI is InChI=1S/C26H29IN6O3S/c1-6-33(7-2)12-16-8-9-28-20(10-16)31-25-24-23(29-14-30-25)17(13-37-24)26(34)32-22-15(3)18(35-4)11-19(36-5)21(22)27/h8-11,13-14H,6-7,12H2,1-5H3,(H,32,34)(H,28,29,30,31). The molecule has 0 spiro atoms. The van der Waals surface area contributed by atoms with Gasteiger partial charge in [-0.2, -0.15) is 0 Å². The van der Waals surface area contributed by atoms with E-state index in [4.69, 9.17) is 9.47 Å². The molecule has 0 saturated carbocycles. The second-order valence-corrected chi connectivity index (χ2v) is 10.2. The van der Waals surface area contributed by atoms with E-state index in [2.05, 4.69) is 66.9 Å². The van der Waals surface area contributed by atoms with Crippen LogP contribution in [0.3, 0.4) is 0 Å². The van der Waals surface area contributed by atoms with Gasteiger partial charge in [-0.3, -0.25) is 9.69 Å². The molecule has 4 rings (SSSR count). The van der Waals surface area contributed by atoms with Gasteiger partial charge in [0.05, 0.1) is 39.3 Å². The molecule has 0 fully saturated rings. The molecule has 11 heteroatoms. The van der Waals surface area contributed by atoms with Crippen molar-refractivity contribution >= 4 is 67.4 Å². The molecule has 3 heterocycles. The van der Waals surface area contributed by atoms with Gasteiger partial charge in [-0.15, -0.1) is 11.3 Å². The third-order valence-corrected chi connectivity index (χ3v) is 8.14. The minimum absolute atomic E-state index is 0.272. The number of amides is 1. The van der Waals surface area contributed by atoms with E-state index in [9.17, 15) is 4.79 Å². The highest BCUT2D eigenvalue weighted by Gasteiger charge is 2.21. The smallest absolute Gasteiger partial charge is 0.258 e. The summed E-state index contributed by atoms with van der Waals surface area (Å²) in [5.74, 6) is 2.28. The number of carbonyl (C=O) groups is 1. The number of fused-ring (bicyclic) bond motifs is 1. The lowest BCUT2D eigenvalue weighted by molar-refractivity contribution is 0.102. The Morgan fingerprint density at radius 2 is 1.86 bits per heavy atom. The Bertz CT molecular complexity index is 1390. The molecule has 0 aliphatic carbocycles. The zero-order valence-corrected chi connectivity index (χ0v) is 24.4. The average Bonchev–Trinajstić information content (AvgIpc) is 3.35. The van der Waals surface area contributed by atoms with E-state index < -0.39 is 0 Å². The molecule has 194 valence electrons. The second-order valence-electron chi connectivity index (χ2n) is 8.23. The van der Waals surface area contributed by atoms with Crippen LogP contribution in [0, 0.1) is 10.5 Å². The highest BCUT2D eigenvalue weighted by atomic mass is 127. The molecule has 0 aliphatic heterocycles. The maximum absolute atomic E-state index is 13.4. The maximum Gasteiger partial charge on any atom is 0.258 e. The van der Waals surface area contributed by atoms with Crippen LogP contribution in [0.15, 0.2) is 36.1 Å². The van der Waals surface area contributed by atoms with E-state index in [1.165, 1.54) is 17.7 Å². The fraction of sp³-hybridized carbons (Fsp3) is 0.308. The van der Waals surface area contributed by atoms with Crippen molar-refractivity contribution < 1.29 is 14.3 Å². The molecule has 1 amide bonds. The predicted molar refractivity (Wildman–Crippen MR) is 157 cm³/mol. The number of hydrogen-bond donors (Lipinski definition) is 2. The minimum Gasteiger partial charge on any atom is -0.496 e. The summed E-state index contributed by atoms with van der Waals surface area (Å²) < 4.78 is 12.5. The first-order chi connectivity index (χ1) is 17.9. The molecule has 0 unspecified atom stereocenters. The number of aromatic nitrogens is 3. The van der Waals surface area contributed by atoms with Gasteiger partial charge in [0, 0.05) is 29.8 Å². The Morgan fingerprint density at radius 1 is 1.11 bits per heavy atom. The van der Waals surface area contributed by atoms with Gasteiger partial charge in [-0.05, 0) is 60.3 Å². The van der Waals surface area contributed by atoms with Crippen LogP contribution in [0.25, 0.3) is 10.2 Å². The average molecular weight is 633 g/mol. The lowest BCUT2D eigenvalue weighted by atomic mass is 10.1. The molecule has 9 nitrogen and oxygen atoms in total. The highest BCUT2D eigenvalue weighted by Crippen LogP contribution is 2.39. The van der Waals surface area contributed by atoms with Crippen molar-refractivity contribution in [1.29, 1.82) is 0 Å². The summed E-state index contributed by atoms with van der Waals surface area (Å²) in [5.41, 5.74) is 3.65. The summed E-state index contributed by atoms with van der Waals surface area (Å²) in [4.78, 5) is 29.0. The third kappa shape index (κ3) is 5.78. The van der Waals surface area contributed by atoms with Gasteiger partial charge >= 0.3 is 0 Å². The molecule has 0 radical (unpaired) electrons. The van der Waals surface area contributed by atoms with E-state index in [1.54, 1.807) is 25.8 Å². The van der Waals surface area contributed by atoms with Crippen LogP contribution >= 0.6 is 33.9 Å². The molecule has 0 atom stereocenters. The monoisotopic (exact) mass is 632 g/mol. The molecule has 37 heavy (non-hydrogen) atoms. The zero-order chi connectivity index (χ0) is 26.5. The van der Waals surface area contributed by atoms with Gasteiger partial charge in [0.15, 0.2) is 5.82 Å². The second kappa shape index (κ2) is 12.0. The minimum atomic E-state index is -0.272. The first kappa shape index (κ1) is 27.0. The number of benzene rings is 1. The molecule has 2 N–H and O–H groups in total. The molecule has 1 aromatic carbocycles. The van der Waals surface area contributed by atoms with Crippen molar-refractivity contribution in [3.63, 3.8) is 0 Å². The maximum atomic E-state index is 13.4. The summed E-state index contributed by atoms with van der Waals surface area (Å²) in [7, 11) is 3.18. The number of thiophene rings is 1. The number of nitrogens with zero attached hydrogens (tertiary/aromatic N) is 4. The Kier molecular flexibility index (Phi) is 8.77. The SMILES string of the molecule is CCN(CC)Cc1ccnc(Nc2ncnc3c(C(=O)Nc4c(C)c(OC)cc(OC)c4I)csc23)c1. The van der Waals surface area contributed by atoms with Crippen LogP contribution in [0.1, 0.15) is 35.3 Å².